The normalized spacial score (nSPS) is 30.5. The van der Waals surface area contributed by atoms with E-state index >= 15 is 0 Å². The van der Waals surface area contributed by atoms with Crippen LogP contribution >= 0.6 is 12.2 Å². The van der Waals surface area contributed by atoms with Gasteiger partial charge < -0.3 is 10.6 Å². The van der Waals surface area contributed by atoms with E-state index in [2.05, 4.69) is 11.8 Å². The van der Waals surface area contributed by atoms with Crippen molar-refractivity contribution in [1.82, 2.24) is 4.90 Å². The Labute approximate surface area is 91.8 Å². The van der Waals surface area contributed by atoms with Crippen LogP contribution in [0.2, 0.25) is 0 Å². The van der Waals surface area contributed by atoms with Crippen LogP contribution in [0.5, 0.6) is 0 Å². The van der Waals surface area contributed by atoms with Gasteiger partial charge in [-0.05, 0) is 37.1 Å². The first-order chi connectivity index (χ1) is 6.60. The van der Waals surface area contributed by atoms with Crippen LogP contribution in [0.25, 0.3) is 0 Å². The van der Waals surface area contributed by atoms with Crippen LogP contribution in [0.15, 0.2) is 0 Å². The summed E-state index contributed by atoms with van der Waals surface area (Å²) in [7, 11) is 0. The molecule has 0 amide bonds. The molecular formula is C11H20N2S. The fraction of sp³-hybridized carbons (Fsp3) is 0.909. The highest BCUT2D eigenvalue weighted by molar-refractivity contribution is 7.80. The molecule has 0 aromatic carbocycles. The van der Waals surface area contributed by atoms with Crippen molar-refractivity contribution in [2.75, 3.05) is 19.6 Å². The Balaban J connectivity index is 1.82. The van der Waals surface area contributed by atoms with E-state index in [0.717, 1.165) is 12.3 Å². The van der Waals surface area contributed by atoms with Gasteiger partial charge in [0.05, 0.1) is 4.99 Å². The van der Waals surface area contributed by atoms with Crippen molar-refractivity contribution in [3.05, 3.63) is 0 Å². The average Bonchev–Trinajstić information content (AvgIpc) is 2.67. The van der Waals surface area contributed by atoms with Gasteiger partial charge in [0.15, 0.2) is 0 Å². The molecule has 0 bridgehead atoms. The minimum Gasteiger partial charge on any atom is -0.393 e. The quantitative estimate of drug-likeness (QED) is 0.720. The molecule has 3 heteroatoms. The lowest BCUT2D eigenvalue weighted by Gasteiger charge is -2.22. The maximum atomic E-state index is 5.63. The molecule has 0 radical (unpaired) electrons. The molecule has 2 rings (SSSR count). The highest BCUT2D eigenvalue weighted by Crippen LogP contribution is 2.49. The van der Waals surface area contributed by atoms with Gasteiger partial charge in [-0.1, -0.05) is 19.1 Å². The van der Waals surface area contributed by atoms with Crippen LogP contribution in [-0.2, 0) is 0 Å². The predicted octanol–water partition coefficient (Wildman–Crippen LogP) is 1.78. The molecular weight excluding hydrogens is 192 g/mol. The summed E-state index contributed by atoms with van der Waals surface area (Å²) < 4.78 is 0. The highest BCUT2D eigenvalue weighted by Gasteiger charge is 2.44. The van der Waals surface area contributed by atoms with Crippen LogP contribution < -0.4 is 5.73 Å². The standard InChI is InChI=1S/C11H20N2S/c1-9-2-5-13(7-9)8-11(3-4-11)6-10(12)14/h9H,2-8H2,1H3,(H2,12,14). The molecule has 2 nitrogen and oxygen atoms in total. The third-order valence-electron chi connectivity index (χ3n) is 3.57. The second-order valence-electron chi connectivity index (χ2n) is 5.27. The van der Waals surface area contributed by atoms with Gasteiger partial charge in [0.1, 0.15) is 0 Å². The third-order valence-corrected chi connectivity index (χ3v) is 3.72. The Kier molecular flexibility index (Phi) is 2.80. The first-order valence-corrected chi connectivity index (χ1v) is 6.01. The predicted molar refractivity (Wildman–Crippen MR) is 63.3 cm³/mol. The number of nitrogens with zero attached hydrogens (tertiary/aromatic N) is 1. The number of hydrogen-bond donors (Lipinski definition) is 1. The Morgan fingerprint density at radius 2 is 2.29 bits per heavy atom. The molecule has 1 saturated carbocycles. The molecule has 0 aromatic rings. The number of nitrogens with two attached hydrogens (primary N) is 1. The van der Waals surface area contributed by atoms with E-state index in [9.17, 15) is 0 Å². The molecule has 2 aliphatic rings. The van der Waals surface area contributed by atoms with Crippen molar-refractivity contribution in [2.24, 2.45) is 17.1 Å². The molecule has 1 unspecified atom stereocenters. The smallest absolute Gasteiger partial charge is 0.0733 e. The summed E-state index contributed by atoms with van der Waals surface area (Å²) in [5.74, 6) is 0.885. The molecule has 1 heterocycles. The van der Waals surface area contributed by atoms with Crippen LogP contribution in [0.3, 0.4) is 0 Å². The van der Waals surface area contributed by atoms with E-state index in [1.807, 2.05) is 0 Å². The molecule has 1 aliphatic heterocycles. The zero-order valence-corrected chi connectivity index (χ0v) is 9.78. The maximum Gasteiger partial charge on any atom is 0.0733 e. The molecule has 1 saturated heterocycles. The molecule has 0 spiro atoms. The topological polar surface area (TPSA) is 29.3 Å². The van der Waals surface area contributed by atoms with E-state index < -0.39 is 0 Å². The van der Waals surface area contributed by atoms with E-state index in [1.165, 1.54) is 38.9 Å². The molecule has 0 aromatic heterocycles. The summed E-state index contributed by atoms with van der Waals surface area (Å²) in [6.07, 6.45) is 4.99. The SMILES string of the molecule is CC1CCN(CC2(CC(N)=S)CC2)C1. The average molecular weight is 212 g/mol. The fourth-order valence-corrected chi connectivity index (χ4v) is 2.89. The zero-order chi connectivity index (χ0) is 10.2. The van der Waals surface area contributed by atoms with Gasteiger partial charge >= 0.3 is 0 Å². The van der Waals surface area contributed by atoms with Gasteiger partial charge in [-0.3, -0.25) is 0 Å². The van der Waals surface area contributed by atoms with Gasteiger partial charge in [0.25, 0.3) is 0 Å². The highest BCUT2D eigenvalue weighted by atomic mass is 32.1. The molecule has 2 N–H and O–H groups in total. The van der Waals surface area contributed by atoms with Crippen LogP contribution in [0.4, 0.5) is 0 Å². The minimum absolute atomic E-state index is 0.482. The lowest BCUT2D eigenvalue weighted by atomic mass is 10.0. The van der Waals surface area contributed by atoms with Crippen molar-refractivity contribution < 1.29 is 0 Å². The van der Waals surface area contributed by atoms with Crippen LogP contribution in [0, 0.1) is 11.3 Å². The fourth-order valence-electron chi connectivity index (χ4n) is 2.58. The summed E-state index contributed by atoms with van der Waals surface area (Å²) in [5.41, 5.74) is 6.12. The first kappa shape index (κ1) is 10.4. The Morgan fingerprint density at radius 3 is 2.71 bits per heavy atom. The number of thiocarbonyl (C=S) groups is 1. The zero-order valence-electron chi connectivity index (χ0n) is 8.96. The Bertz CT molecular complexity index is 235. The molecule has 80 valence electrons. The first-order valence-electron chi connectivity index (χ1n) is 5.60. The van der Waals surface area contributed by atoms with E-state index in [4.69, 9.17) is 18.0 Å². The second-order valence-corrected chi connectivity index (χ2v) is 5.80. The van der Waals surface area contributed by atoms with Gasteiger partial charge in [-0.2, -0.15) is 0 Å². The van der Waals surface area contributed by atoms with E-state index in [0.29, 0.717) is 10.4 Å². The van der Waals surface area contributed by atoms with Gasteiger partial charge in [0.2, 0.25) is 0 Å². The van der Waals surface area contributed by atoms with Crippen molar-refractivity contribution in [3.8, 4) is 0 Å². The Morgan fingerprint density at radius 1 is 1.57 bits per heavy atom. The van der Waals surface area contributed by atoms with Crippen molar-refractivity contribution in [1.29, 1.82) is 0 Å². The van der Waals surface area contributed by atoms with E-state index in [-0.39, 0.29) is 0 Å². The number of likely N-dealkylation sites (tertiary alicyclic amines) is 1. The van der Waals surface area contributed by atoms with Crippen LogP contribution in [-0.4, -0.2) is 29.5 Å². The minimum atomic E-state index is 0.482. The van der Waals surface area contributed by atoms with Gasteiger partial charge in [-0.25, -0.2) is 0 Å². The number of rotatable bonds is 4. The maximum absolute atomic E-state index is 5.63. The lowest BCUT2D eigenvalue weighted by Crippen LogP contribution is -2.30. The summed E-state index contributed by atoms with van der Waals surface area (Å²) in [6.45, 7) is 6.13. The van der Waals surface area contributed by atoms with Crippen molar-refractivity contribution in [3.63, 3.8) is 0 Å². The number of hydrogen-bond acceptors (Lipinski definition) is 2. The third kappa shape index (κ3) is 2.45. The Hall–Kier alpha value is -0.150. The molecule has 14 heavy (non-hydrogen) atoms. The molecule has 2 fully saturated rings. The van der Waals surface area contributed by atoms with Crippen molar-refractivity contribution >= 4 is 17.2 Å². The molecule has 1 aliphatic carbocycles. The summed E-state index contributed by atoms with van der Waals surface area (Å²) in [5, 5.41) is 0. The van der Waals surface area contributed by atoms with E-state index in [1.54, 1.807) is 0 Å². The van der Waals surface area contributed by atoms with Gasteiger partial charge in [0, 0.05) is 19.5 Å². The van der Waals surface area contributed by atoms with Crippen molar-refractivity contribution in [2.45, 2.75) is 32.6 Å². The lowest BCUT2D eigenvalue weighted by molar-refractivity contribution is 0.261. The largest absolute Gasteiger partial charge is 0.393 e. The second kappa shape index (κ2) is 3.78. The monoisotopic (exact) mass is 212 g/mol. The summed E-state index contributed by atoms with van der Waals surface area (Å²) in [6, 6.07) is 0. The molecule has 1 atom stereocenters. The summed E-state index contributed by atoms with van der Waals surface area (Å²) in [4.78, 5) is 3.30. The van der Waals surface area contributed by atoms with Gasteiger partial charge in [-0.15, -0.1) is 0 Å². The summed E-state index contributed by atoms with van der Waals surface area (Å²) >= 11 is 5.01. The van der Waals surface area contributed by atoms with Crippen LogP contribution in [0.1, 0.15) is 32.6 Å².